The Bertz CT molecular complexity index is 1110. The van der Waals surface area contributed by atoms with Gasteiger partial charge in [0.25, 0.3) is 11.8 Å². The number of ether oxygens (including phenoxy) is 1. The van der Waals surface area contributed by atoms with Gasteiger partial charge in [-0.15, -0.1) is 11.3 Å². The maximum Gasteiger partial charge on any atom is 0.257 e. The van der Waals surface area contributed by atoms with Crippen LogP contribution in [0.4, 0.5) is 10.1 Å². The van der Waals surface area contributed by atoms with Gasteiger partial charge in [0.2, 0.25) is 5.91 Å². The third kappa shape index (κ3) is 4.20. The maximum absolute atomic E-state index is 13.4. The topological polar surface area (TPSA) is 66.9 Å². The van der Waals surface area contributed by atoms with Crippen molar-refractivity contribution in [1.82, 2.24) is 4.90 Å². The highest BCUT2D eigenvalue weighted by Crippen LogP contribution is 2.29. The summed E-state index contributed by atoms with van der Waals surface area (Å²) in [6.07, 6.45) is -0.142. The number of anilines is 1. The molecule has 2 heterocycles. The first kappa shape index (κ1) is 20.7. The fourth-order valence-corrected chi connectivity index (χ4v) is 4.24. The Labute approximate surface area is 182 Å². The van der Waals surface area contributed by atoms with Gasteiger partial charge in [-0.25, -0.2) is 9.29 Å². The van der Waals surface area contributed by atoms with Gasteiger partial charge in [-0.2, -0.15) is 0 Å². The van der Waals surface area contributed by atoms with E-state index in [-0.39, 0.29) is 24.6 Å². The van der Waals surface area contributed by atoms with Gasteiger partial charge < -0.3 is 9.64 Å². The molecule has 1 atom stereocenters. The van der Waals surface area contributed by atoms with E-state index in [2.05, 4.69) is 0 Å². The predicted molar refractivity (Wildman–Crippen MR) is 114 cm³/mol. The number of carbonyl (C=O) groups excluding carboxylic acids is 3. The highest BCUT2D eigenvalue weighted by atomic mass is 32.1. The van der Waals surface area contributed by atoms with E-state index in [4.69, 9.17) is 4.74 Å². The van der Waals surface area contributed by atoms with Crippen LogP contribution in [0.5, 0.6) is 5.75 Å². The Balaban J connectivity index is 1.68. The number of imide groups is 1. The lowest BCUT2D eigenvalue weighted by Gasteiger charge is -2.27. The Morgan fingerprint density at radius 2 is 1.94 bits per heavy atom. The summed E-state index contributed by atoms with van der Waals surface area (Å²) in [5.41, 5.74) is 0.639. The predicted octanol–water partition coefficient (Wildman–Crippen LogP) is 3.87. The van der Waals surface area contributed by atoms with Gasteiger partial charge in [-0.05, 0) is 53.9 Å². The zero-order valence-electron chi connectivity index (χ0n) is 16.7. The second-order valence-corrected chi connectivity index (χ2v) is 8.04. The molecule has 1 saturated heterocycles. The molecule has 2 aromatic carbocycles. The highest BCUT2D eigenvalue weighted by molar-refractivity contribution is 7.09. The lowest BCUT2D eigenvalue weighted by molar-refractivity contribution is -0.122. The average Bonchev–Trinajstić information content (AvgIpc) is 3.40. The van der Waals surface area contributed by atoms with Crippen LogP contribution in [0.25, 0.3) is 0 Å². The van der Waals surface area contributed by atoms with Gasteiger partial charge in [-0.3, -0.25) is 14.4 Å². The molecule has 6 nitrogen and oxygen atoms in total. The number of hydrogen-bond donors (Lipinski definition) is 0. The normalized spacial score (nSPS) is 15.9. The van der Waals surface area contributed by atoms with Crippen molar-refractivity contribution in [3.8, 4) is 5.75 Å². The molecule has 3 aromatic rings. The molecule has 3 amide bonds. The summed E-state index contributed by atoms with van der Waals surface area (Å²) in [6, 6.07) is 14.6. The van der Waals surface area contributed by atoms with Gasteiger partial charge in [-0.1, -0.05) is 12.1 Å². The number of carbonyl (C=O) groups is 3. The largest absolute Gasteiger partial charge is 0.497 e. The minimum Gasteiger partial charge on any atom is -0.497 e. The lowest BCUT2D eigenvalue weighted by atomic mass is 10.1. The van der Waals surface area contributed by atoms with Crippen molar-refractivity contribution in [2.45, 2.75) is 19.0 Å². The Morgan fingerprint density at radius 3 is 2.61 bits per heavy atom. The van der Waals surface area contributed by atoms with Crippen LogP contribution in [-0.2, 0) is 16.1 Å². The highest BCUT2D eigenvalue weighted by Gasteiger charge is 2.44. The Hall–Kier alpha value is -3.52. The molecule has 0 aliphatic carbocycles. The number of methoxy groups -OCH3 is 1. The van der Waals surface area contributed by atoms with Crippen LogP contribution < -0.4 is 9.64 Å². The fourth-order valence-electron chi connectivity index (χ4n) is 3.54. The number of hydrogen-bond acceptors (Lipinski definition) is 5. The minimum absolute atomic E-state index is 0.142. The van der Waals surface area contributed by atoms with Crippen molar-refractivity contribution in [2.24, 2.45) is 0 Å². The first-order chi connectivity index (χ1) is 15.0. The fraction of sp³-hybridized carbons (Fsp3) is 0.174. The number of benzene rings is 2. The molecule has 4 rings (SSSR count). The second-order valence-electron chi connectivity index (χ2n) is 7.01. The molecule has 1 aliphatic rings. The van der Waals surface area contributed by atoms with E-state index >= 15 is 0 Å². The first-order valence-corrected chi connectivity index (χ1v) is 10.5. The zero-order valence-corrected chi connectivity index (χ0v) is 17.5. The van der Waals surface area contributed by atoms with E-state index < -0.39 is 23.7 Å². The van der Waals surface area contributed by atoms with Crippen LogP contribution in [0.3, 0.4) is 0 Å². The molecule has 0 saturated carbocycles. The number of nitrogens with zero attached hydrogens (tertiary/aromatic N) is 2. The van der Waals surface area contributed by atoms with Crippen molar-refractivity contribution in [2.75, 3.05) is 12.0 Å². The van der Waals surface area contributed by atoms with Crippen LogP contribution in [0.2, 0.25) is 0 Å². The monoisotopic (exact) mass is 438 g/mol. The summed E-state index contributed by atoms with van der Waals surface area (Å²) < 4.78 is 18.5. The van der Waals surface area contributed by atoms with E-state index in [0.29, 0.717) is 11.3 Å². The molecule has 158 valence electrons. The maximum atomic E-state index is 13.4. The van der Waals surface area contributed by atoms with E-state index in [0.717, 1.165) is 9.78 Å². The van der Waals surface area contributed by atoms with E-state index in [1.165, 1.54) is 47.6 Å². The molecule has 0 radical (unpaired) electrons. The first-order valence-electron chi connectivity index (χ1n) is 9.57. The van der Waals surface area contributed by atoms with Crippen LogP contribution in [-0.4, -0.2) is 35.8 Å². The van der Waals surface area contributed by atoms with Crippen molar-refractivity contribution in [1.29, 1.82) is 0 Å². The third-order valence-electron chi connectivity index (χ3n) is 5.07. The molecule has 1 aliphatic heterocycles. The van der Waals surface area contributed by atoms with Crippen molar-refractivity contribution < 1.29 is 23.5 Å². The molecule has 1 aromatic heterocycles. The smallest absolute Gasteiger partial charge is 0.257 e. The molecule has 1 unspecified atom stereocenters. The molecule has 0 N–H and O–H groups in total. The zero-order chi connectivity index (χ0) is 22.0. The Morgan fingerprint density at radius 1 is 1.16 bits per heavy atom. The average molecular weight is 438 g/mol. The van der Waals surface area contributed by atoms with E-state index in [9.17, 15) is 18.8 Å². The quantitative estimate of drug-likeness (QED) is 0.548. The number of halogens is 1. The summed E-state index contributed by atoms with van der Waals surface area (Å²) in [4.78, 5) is 42.7. The molecule has 8 heteroatoms. The summed E-state index contributed by atoms with van der Waals surface area (Å²) in [5, 5.41) is 1.88. The van der Waals surface area contributed by atoms with Gasteiger partial charge in [0.05, 0.1) is 25.8 Å². The molecule has 0 bridgehead atoms. The van der Waals surface area contributed by atoms with Gasteiger partial charge in [0.1, 0.15) is 17.6 Å². The van der Waals surface area contributed by atoms with Crippen LogP contribution in [0.15, 0.2) is 66.0 Å². The standard InChI is InChI=1S/C23H19FN2O4S/c1-30-18-5-2-4-15(12-18)22(28)25(14-19-6-3-11-31-19)20-13-21(27)26(23(20)29)17-9-7-16(24)8-10-17/h2-12,20H,13-14H2,1H3. The van der Waals surface area contributed by atoms with Gasteiger partial charge in [0, 0.05) is 10.4 Å². The van der Waals surface area contributed by atoms with Gasteiger partial charge in [0.15, 0.2) is 0 Å². The molecule has 0 spiro atoms. The minimum atomic E-state index is -0.960. The SMILES string of the molecule is COc1cccc(C(=O)N(Cc2cccs2)C2CC(=O)N(c3ccc(F)cc3)C2=O)c1. The number of amides is 3. The molecule has 1 fully saturated rings. The van der Waals surface area contributed by atoms with Gasteiger partial charge >= 0.3 is 0 Å². The van der Waals surface area contributed by atoms with E-state index in [1.54, 1.807) is 24.3 Å². The second kappa shape index (κ2) is 8.69. The molecular formula is C23H19FN2O4S. The third-order valence-corrected chi connectivity index (χ3v) is 5.93. The molecule has 31 heavy (non-hydrogen) atoms. The summed E-state index contributed by atoms with van der Waals surface area (Å²) in [5.74, 6) is -1.27. The lowest BCUT2D eigenvalue weighted by Crippen LogP contribution is -2.45. The van der Waals surface area contributed by atoms with Crippen LogP contribution in [0, 0.1) is 5.82 Å². The Kier molecular flexibility index (Phi) is 5.81. The van der Waals surface area contributed by atoms with Crippen molar-refractivity contribution in [3.63, 3.8) is 0 Å². The van der Waals surface area contributed by atoms with Crippen molar-refractivity contribution in [3.05, 3.63) is 82.3 Å². The van der Waals surface area contributed by atoms with E-state index in [1.807, 2.05) is 17.5 Å². The van der Waals surface area contributed by atoms with Crippen LogP contribution >= 0.6 is 11.3 Å². The number of rotatable bonds is 6. The van der Waals surface area contributed by atoms with Crippen LogP contribution in [0.1, 0.15) is 21.7 Å². The molecular weight excluding hydrogens is 419 g/mol. The summed E-state index contributed by atoms with van der Waals surface area (Å²) >= 11 is 1.46. The summed E-state index contributed by atoms with van der Waals surface area (Å²) in [7, 11) is 1.51. The number of thiophene rings is 1. The summed E-state index contributed by atoms with van der Waals surface area (Å²) in [6.45, 7) is 0.189. The van der Waals surface area contributed by atoms with Crippen molar-refractivity contribution >= 4 is 34.7 Å².